The van der Waals surface area contributed by atoms with Crippen molar-refractivity contribution < 1.29 is 4.79 Å². The van der Waals surface area contributed by atoms with Crippen molar-refractivity contribution in [2.45, 2.75) is 32.9 Å². The van der Waals surface area contributed by atoms with Crippen LogP contribution in [-0.2, 0) is 13.0 Å². The molecule has 0 fully saturated rings. The van der Waals surface area contributed by atoms with Gasteiger partial charge >= 0.3 is 0 Å². The SMILES string of the molecule is Cc1ncsc1C(=O)N1Cc2nnc(C)n2[C@H](Cc2ccccc2)C1. The second-order valence-electron chi connectivity index (χ2n) is 6.33. The monoisotopic (exact) mass is 353 g/mol. The number of aromatic nitrogens is 4. The lowest BCUT2D eigenvalue weighted by molar-refractivity contribution is 0.0676. The van der Waals surface area contributed by atoms with Crippen LogP contribution in [0.1, 0.15) is 38.6 Å². The van der Waals surface area contributed by atoms with Crippen LogP contribution in [0.25, 0.3) is 0 Å². The molecular formula is C18H19N5OS. The Bertz CT molecular complexity index is 901. The summed E-state index contributed by atoms with van der Waals surface area (Å²) in [6.45, 7) is 4.99. The van der Waals surface area contributed by atoms with Crippen LogP contribution in [0.3, 0.4) is 0 Å². The molecule has 25 heavy (non-hydrogen) atoms. The zero-order valence-corrected chi connectivity index (χ0v) is 15.0. The normalized spacial score (nSPS) is 16.7. The van der Waals surface area contributed by atoms with Gasteiger partial charge in [-0.2, -0.15) is 0 Å². The predicted molar refractivity (Wildman–Crippen MR) is 95.5 cm³/mol. The van der Waals surface area contributed by atoms with Gasteiger partial charge < -0.3 is 9.47 Å². The molecular weight excluding hydrogens is 334 g/mol. The highest BCUT2D eigenvalue weighted by atomic mass is 32.1. The van der Waals surface area contributed by atoms with Crippen molar-refractivity contribution in [3.63, 3.8) is 0 Å². The molecule has 3 aromatic rings. The van der Waals surface area contributed by atoms with E-state index in [4.69, 9.17) is 0 Å². The Labute approximate surface area is 150 Å². The van der Waals surface area contributed by atoms with Crippen molar-refractivity contribution in [1.82, 2.24) is 24.6 Å². The number of aryl methyl sites for hydroxylation is 2. The average molecular weight is 353 g/mol. The molecule has 1 aliphatic heterocycles. The molecule has 1 aliphatic rings. The molecule has 3 heterocycles. The number of hydrogen-bond acceptors (Lipinski definition) is 5. The quantitative estimate of drug-likeness (QED) is 0.726. The molecule has 0 saturated carbocycles. The largest absolute Gasteiger partial charge is 0.328 e. The van der Waals surface area contributed by atoms with E-state index in [0.29, 0.717) is 18.0 Å². The van der Waals surface area contributed by atoms with Crippen molar-refractivity contribution in [3.05, 3.63) is 63.6 Å². The minimum atomic E-state index is 0.0324. The second-order valence-corrected chi connectivity index (χ2v) is 7.18. The molecule has 1 amide bonds. The number of rotatable bonds is 3. The molecule has 0 bridgehead atoms. The summed E-state index contributed by atoms with van der Waals surface area (Å²) in [5.41, 5.74) is 3.76. The van der Waals surface area contributed by atoms with Crippen molar-refractivity contribution in [2.75, 3.05) is 6.54 Å². The van der Waals surface area contributed by atoms with Crippen molar-refractivity contribution in [1.29, 1.82) is 0 Å². The number of carbonyl (C=O) groups excluding carboxylic acids is 1. The van der Waals surface area contributed by atoms with E-state index in [1.807, 2.05) is 36.9 Å². The Morgan fingerprint density at radius 1 is 1.24 bits per heavy atom. The van der Waals surface area contributed by atoms with Crippen molar-refractivity contribution in [2.24, 2.45) is 0 Å². The molecule has 6 nitrogen and oxygen atoms in total. The topological polar surface area (TPSA) is 63.9 Å². The van der Waals surface area contributed by atoms with E-state index in [0.717, 1.165) is 23.8 Å². The van der Waals surface area contributed by atoms with Crippen LogP contribution in [0, 0.1) is 13.8 Å². The number of benzene rings is 1. The first-order chi connectivity index (χ1) is 12.1. The molecule has 0 radical (unpaired) electrons. The predicted octanol–water partition coefficient (Wildman–Crippen LogP) is 2.79. The standard InChI is InChI=1S/C18H19N5OS/c1-12-17(25-11-19-12)18(24)22-9-15(8-14-6-4-3-5-7-14)23-13(2)20-21-16(23)10-22/h3-7,11,15H,8-10H2,1-2H3/t15-/m1/s1. The molecule has 0 spiro atoms. The summed E-state index contributed by atoms with van der Waals surface area (Å²) in [6.07, 6.45) is 0.845. The summed E-state index contributed by atoms with van der Waals surface area (Å²) >= 11 is 1.40. The van der Waals surface area contributed by atoms with Gasteiger partial charge in [0.1, 0.15) is 10.7 Å². The summed E-state index contributed by atoms with van der Waals surface area (Å²) in [4.78, 5) is 19.7. The summed E-state index contributed by atoms with van der Waals surface area (Å²) in [5, 5.41) is 8.52. The van der Waals surface area contributed by atoms with E-state index in [9.17, 15) is 4.79 Å². The Morgan fingerprint density at radius 3 is 2.76 bits per heavy atom. The van der Waals surface area contributed by atoms with E-state index in [1.165, 1.54) is 16.9 Å². The Hall–Kier alpha value is -2.54. The number of carbonyl (C=O) groups is 1. The highest BCUT2D eigenvalue weighted by molar-refractivity contribution is 7.11. The lowest BCUT2D eigenvalue weighted by Crippen LogP contribution is -2.42. The van der Waals surface area contributed by atoms with Crippen molar-refractivity contribution in [3.8, 4) is 0 Å². The lowest BCUT2D eigenvalue weighted by atomic mass is 10.0. The van der Waals surface area contributed by atoms with Crippen LogP contribution in [-0.4, -0.2) is 37.1 Å². The highest BCUT2D eigenvalue weighted by Crippen LogP contribution is 2.27. The molecule has 0 saturated heterocycles. The fourth-order valence-corrected chi connectivity index (χ4v) is 4.18. The molecule has 7 heteroatoms. The summed E-state index contributed by atoms with van der Waals surface area (Å²) in [5.74, 6) is 1.78. The highest BCUT2D eigenvalue weighted by Gasteiger charge is 2.32. The van der Waals surface area contributed by atoms with Gasteiger partial charge in [-0.25, -0.2) is 4.98 Å². The van der Waals surface area contributed by atoms with Gasteiger partial charge in [-0.05, 0) is 25.8 Å². The third-order valence-corrected chi connectivity index (χ3v) is 5.52. The first-order valence-electron chi connectivity index (χ1n) is 8.27. The molecule has 4 rings (SSSR count). The van der Waals surface area contributed by atoms with E-state index in [2.05, 4.69) is 31.9 Å². The van der Waals surface area contributed by atoms with Crippen LogP contribution in [0.15, 0.2) is 35.8 Å². The first kappa shape index (κ1) is 16.0. The van der Waals surface area contributed by atoms with Crippen LogP contribution < -0.4 is 0 Å². The molecule has 128 valence electrons. The van der Waals surface area contributed by atoms with Crippen LogP contribution in [0.2, 0.25) is 0 Å². The molecule has 2 aromatic heterocycles. The summed E-state index contributed by atoms with van der Waals surface area (Å²) in [7, 11) is 0. The van der Waals surface area contributed by atoms with Gasteiger partial charge in [0.2, 0.25) is 0 Å². The summed E-state index contributed by atoms with van der Waals surface area (Å²) in [6, 6.07) is 10.5. The van der Waals surface area contributed by atoms with Crippen molar-refractivity contribution >= 4 is 17.2 Å². The molecule has 1 atom stereocenters. The number of thiazole rings is 1. The average Bonchev–Trinajstić information content (AvgIpc) is 3.21. The Balaban J connectivity index is 1.65. The molecule has 0 N–H and O–H groups in total. The van der Waals surface area contributed by atoms with Crippen LogP contribution in [0.5, 0.6) is 0 Å². The number of fused-ring (bicyclic) bond motifs is 1. The smallest absolute Gasteiger partial charge is 0.266 e. The Kier molecular flexibility index (Phi) is 4.09. The van der Waals surface area contributed by atoms with E-state index in [1.54, 1.807) is 5.51 Å². The third-order valence-electron chi connectivity index (χ3n) is 4.61. The number of hydrogen-bond donors (Lipinski definition) is 0. The maximum absolute atomic E-state index is 12.9. The first-order valence-corrected chi connectivity index (χ1v) is 9.15. The lowest BCUT2D eigenvalue weighted by Gasteiger charge is -2.34. The van der Waals surface area contributed by atoms with Gasteiger partial charge in [-0.1, -0.05) is 30.3 Å². The molecule has 0 unspecified atom stereocenters. The minimum absolute atomic E-state index is 0.0324. The van der Waals surface area contributed by atoms with Gasteiger partial charge in [0.05, 0.1) is 23.8 Å². The van der Waals surface area contributed by atoms with Gasteiger partial charge in [-0.15, -0.1) is 21.5 Å². The van der Waals surface area contributed by atoms with E-state index >= 15 is 0 Å². The maximum Gasteiger partial charge on any atom is 0.266 e. The molecule has 1 aromatic carbocycles. The molecule has 0 aliphatic carbocycles. The fraction of sp³-hybridized carbons (Fsp3) is 0.333. The zero-order valence-electron chi connectivity index (χ0n) is 14.2. The maximum atomic E-state index is 12.9. The van der Waals surface area contributed by atoms with Crippen LogP contribution >= 0.6 is 11.3 Å². The number of amides is 1. The zero-order chi connectivity index (χ0) is 17.4. The number of nitrogens with zero attached hydrogens (tertiary/aromatic N) is 5. The van der Waals surface area contributed by atoms with Crippen LogP contribution in [0.4, 0.5) is 0 Å². The Morgan fingerprint density at radius 2 is 2.04 bits per heavy atom. The summed E-state index contributed by atoms with van der Waals surface area (Å²) < 4.78 is 2.18. The van der Waals surface area contributed by atoms with Gasteiger partial charge in [0.15, 0.2) is 5.82 Å². The van der Waals surface area contributed by atoms with Gasteiger partial charge in [0, 0.05) is 6.54 Å². The second kappa shape index (κ2) is 6.40. The fourth-order valence-electron chi connectivity index (χ4n) is 3.41. The minimum Gasteiger partial charge on any atom is -0.328 e. The van der Waals surface area contributed by atoms with E-state index < -0.39 is 0 Å². The van der Waals surface area contributed by atoms with Gasteiger partial charge in [-0.3, -0.25) is 4.79 Å². The van der Waals surface area contributed by atoms with E-state index in [-0.39, 0.29) is 11.9 Å². The third kappa shape index (κ3) is 2.95. The van der Waals surface area contributed by atoms with Gasteiger partial charge in [0.25, 0.3) is 5.91 Å².